The maximum absolute atomic E-state index is 13.0. The van der Waals surface area contributed by atoms with E-state index in [1.54, 1.807) is 18.2 Å². The molecule has 0 aliphatic heterocycles. The summed E-state index contributed by atoms with van der Waals surface area (Å²) in [6.07, 6.45) is -4.48. The number of carbonyl (C=O) groups is 1. The summed E-state index contributed by atoms with van der Waals surface area (Å²) < 4.78 is 65.8. The summed E-state index contributed by atoms with van der Waals surface area (Å²) in [5.41, 5.74) is -0.144. The van der Waals surface area contributed by atoms with Crippen molar-refractivity contribution in [1.82, 2.24) is 0 Å². The van der Waals surface area contributed by atoms with Crippen molar-refractivity contribution < 1.29 is 46.6 Å². The number of nitrogens with one attached hydrogen (secondary N) is 1. The van der Waals surface area contributed by atoms with E-state index in [4.69, 9.17) is 23.7 Å². The highest BCUT2D eigenvalue weighted by atomic mass is 19.4. The molecule has 0 saturated carbocycles. The second kappa shape index (κ2) is 16.2. The van der Waals surface area contributed by atoms with Crippen LogP contribution in [0.3, 0.4) is 0 Å². The number of para-hydroxylation sites is 1. The van der Waals surface area contributed by atoms with Gasteiger partial charge >= 0.3 is 12.1 Å². The zero-order valence-electron chi connectivity index (χ0n) is 21.9. The number of nitrogens with zero attached hydrogens (tertiary/aromatic N) is 1. The zero-order chi connectivity index (χ0) is 29.5. The van der Waals surface area contributed by atoms with Gasteiger partial charge in [-0.2, -0.15) is 13.2 Å². The maximum atomic E-state index is 13.0. The van der Waals surface area contributed by atoms with Gasteiger partial charge in [-0.1, -0.05) is 18.2 Å². The molecule has 0 aliphatic rings. The maximum Gasteiger partial charge on any atom is 0.416 e. The summed E-state index contributed by atoms with van der Waals surface area (Å²) in [5, 5.41) is 13.5. The summed E-state index contributed by atoms with van der Waals surface area (Å²) in [6.45, 7) is 1.98. The first-order chi connectivity index (χ1) is 19.7. The molecule has 0 saturated heterocycles. The lowest BCUT2D eigenvalue weighted by Gasteiger charge is -2.13. The molecular weight excluding hydrogens is 549 g/mol. The molecule has 0 unspecified atom stereocenters. The molecule has 0 amide bonds. The molecule has 3 aromatic carbocycles. The van der Waals surface area contributed by atoms with Gasteiger partial charge in [0.1, 0.15) is 19.0 Å². The lowest BCUT2D eigenvalue weighted by atomic mass is 10.1. The fraction of sp³-hybridized carbons (Fsp3) is 0.321. The summed E-state index contributed by atoms with van der Waals surface area (Å²) in [5.74, 6) is -0.135. The van der Waals surface area contributed by atoms with Gasteiger partial charge in [-0.05, 0) is 42.5 Å². The van der Waals surface area contributed by atoms with Crippen LogP contribution in [-0.4, -0.2) is 63.7 Å². The van der Waals surface area contributed by atoms with Gasteiger partial charge in [-0.15, -0.1) is 0 Å². The molecule has 0 aromatic heterocycles. The average molecular weight is 579 g/mol. The Bertz CT molecular complexity index is 1260. The molecule has 0 aliphatic carbocycles. The summed E-state index contributed by atoms with van der Waals surface area (Å²) in [4.78, 5) is 22.7. The summed E-state index contributed by atoms with van der Waals surface area (Å²) in [6, 6.07) is 16.8. The monoisotopic (exact) mass is 578 g/mol. The second-order valence-electron chi connectivity index (χ2n) is 8.32. The Balaban J connectivity index is 1.23. The third-order valence-electron chi connectivity index (χ3n) is 5.36. The summed E-state index contributed by atoms with van der Waals surface area (Å²) in [7, 11) is 0. The van der Waals surface area contributed by atoms with Crippen molar-refractivity contribution in [3.8, 4) is 5.75 Å². The quantitative estimate of drug-likeness (QED) is 0.0939. The highest BCUT2D eigenvalue weighted by Crippen LogP contribution is 2.32. The highest BCUT2D eigenvalue weighted by Gasteiger charge is 2.30. The number of alkyl halides is 3. The molecule has 1 N–H and O–H groups in total. The zero-order valence-corrected chi connectivity index (χ0v) is 21.9. The number of carbonyl (C=O) groups excluding carboxylic acids is 1. The number of nitro benzene ring substituents is 1. The molecule has 0 fully saturated rings. The number of ether oxygens (including phenoxy) is 5. The van der Waals surface area contributed by atoms with Crippen LogP contribution in [0.25, 0.3) is 0 Å². The SMILES string of the molecule is O=C(OCCOCCOCCOCCOc1ccc([N+](=O)[O-])cc1)c1ccccc1Nc1cccc(C(F)(F)F)c1. The first-order valence-corrected chi connectivity index (χ1v) is 12.5. The number of nitro groups is 1. The van der Waals surface area contributed by atoms with E-state index in [0.29, 0.717) is 37.9 Å². The molecule has 13 heteroatoms. The predicted octanol–water partition coefficient (Wildman–Crippen LogP) is 5.64. The number of non-ortho nitro benzene ring substituents is 1. The van der Waals surface area contributed by atoms with Crippen LogP contribution < -0.4 is 10.1 Å². The van der Waals surface area contributed by atoms with E-state index < -0.39 is 22.6 Å². The van der Waals surface area contributed by atoms with Crippen LogP contribution in [0.2, 0.25) is 0 Å². The first-order valence-electron chi connectivity index (χ1n) is 12.5. The third kappa shape index (κ3) is 11.1. The minimum Gasteiger partial charge on any atom is -0.491 e. The molecule has 0 atom stereocenters. The van der Waals surface area contributed by atoms with Gasteiger partial charge in [0, 0.05) is 17.8 Å². The van der Waals surface area contributed by atoms with Crippen molar-refractivity contribution in [2.75, 3.05) is 58.2 Å². The van der Waals surface area contributed by atoms with E-state index in [0.717, 1.165) is 12.1 Å². The number of esters is 1. The van der Waals surface area contributed by atoms with Crippen molar-refractivity contribution in [2.24, 2.45) is 0 Å². The fourth-order valence-corrected chi connectivity index (χ4v) is 3.39. The Hall–Kier alpha value is -4.20. The van der Waals surface area contributed by atoms with Crippen LogP contribution >= 0.6 is 0 Å². The van der Waals surface area contributed by atoms with E-state index in [9.17, 15) is 28.1 Å². The standard InChI is InChI=1S/C28H29F3N2O8/c29-28(30,31)21-4-3-5-22(20-21)32-26-7-2-1-6-25(26)27(34)41-19-17-39-15-13-37-12-14-38-16-18-40-24-10-8-23(9-11-24)33(35)36/h1-11,20,32H,12-19H2. The van der Waals surface area contributed by atoms with Gasteiger partial charge in [0.25, 0.3) is 5.69 Å². The molecule has 0 heterocycles. The largest absolute Gasteiger partial charge is 0.491 e. The van der Waals surface area contributed by atoms with Crippen molar-refractivity contribution in [1.29, 1.82) is 0 Å². The van der Waals surface area contributed by atoms with Crippen LogP contribution in [0.5, 0.6) is 5.75 Å². The molecule has 3 rings (SSSR count). The van der Waals surface area contributed by atoms with E-state index in [1.807, 2.05) is 0 Å². The van der Waals surface area contributed by atoms with E-state index in [2.05, 4.69) is 5.32 Å². The van der Waals surface area contributed by atoms with E-state index in [1.165, 1.54) is 42.5 Å². The Morgan fingerprint density at radius 1 is 0.780 bits per heavy atom. The smallest absolute Gasteiger partial charge is 0.416 e. The first kappa shape index (κ1) is 31.3. The number of benzene rings is 3. The Morgan fingerprint density at radius 2 is 1.39 bits per heavy atom. The van der Waals surface area contributed by atoms with Crippen molar-refractivity contribution in [2.45, 2.75) is 6.18 Å². The summed E-state index contributed by atoms with van der Waals surface area (Å²) >= 11 is 0. The Labute approximate surface area is 234 Å². The van der Waals surface area contributed by atoms with Crippen molar-refractivity contribution in [3.63, 3.8) is 0 Å². The van der Waals surface area contributed by atoms with Gasteiger partial charge in [0.15, 0.2) is 0 Å². The average Bonchev–Trinajstić information content (AvgIpc) is 2.95. The van der Waals surface area contributed by atoms with E-state index in [-0.39, 0.29) is 43.4 Å². The number of hydrogen-bond acceptors (Lipinski definition) is 9. The van der Waals surface area contributed by atoms with Gasteiger partial charge in [0.05, 0.1) is 61.4 Å². The minimum absolute atomic E-state index is 0.00964. The Morgan fingerprint density at radius 3 is 2.02 bits per heavy atom. The van der Waals surface area contributed by atoms with Crippen molar-refractivity contribution in [3.05, 3.63) is 94.0 Å². The van der Waals surface area contributed by atoms with E-state index >= 15 is 0 Å². The number of hydrogen-bond donors (Lipinski definition) is 1. The normalized spacial score (nSPS) is 11.2. The van der Waals surface area contributed by atoms with Gasteiger partial charge in [-0.3, -0.25) is 10.1 Å². The Kier molecular flexibility index (Phi) is 12.3. The van der Waals surface area contributed by atoms with Crippen LogP contribution in [0, 0.1) is 10.1 Å². The second-order valence-corrected chi connectivity index (χ2v) is 8.32. The van der Waals surface area contributed by atoms with Crippen LogP contribution in [-0.2, 0) is 25.1 Å². The topological polar surface area (TPSA) is 118 Å². The molecule has 220 valence electrons. The molecule has 41 heavy (non-hydrogen) atoms. The minimum atomic E-state index is -4.48. The molecule has 0 bridgehead atoms. The lowest BCUT2D eigenvalue weighted by Crippen LogP contribution is -2.15. The molecule has 0 spiro atoms. The highest BCUT2D eigenvalue weighted by molar-refractivity contribution is 5.96. The number of rotatable bonds is 17. The van der Waals surface area contributed by atoms with Crippen LogP contribution in [0.1, 0.15) is 15.9 Å². The fourth-order valence-electron chi connectivity index (χ4n) is 3.39. The number of halogens is 3. The molecular formula is C28H29F3N2O8. The van der Waals surface area contributed by atoms with Crippen LogP contribution in [0.4, 0.5) is 30.2 Å². The number of anilines is 2. The molecule has 0 radical (unpaired) electrons. The van der Waals surface area contributed by atoms with Crippen LogP contribution in [0.15, 0.2) is 72.8 Å². The molecule has 10 nitrogen and oxygen atoms in total. The van der Waals surface area contributed by atoms with Gasteiger partial charge in [0.2, 0.25) is 0 Å². The van der Waals surface area contributed by atoms with Gasteiger partial charge in [-0.25, -0.2) is 4.79 Å². The third-order valence-corrected chi connectivity index (χ3v) is 5.36. The van der Waals surface area contributed by atoms with Crippen molar-refractivity contribution >= 4 is 23.0 Å². The molecule has 3 aromatic rings. The lowest BCUT2D eigenvalue weighted by molar-refractivity contribution is -0.384. The van der Waals surface area contributed by atoms with Gasteiger partial charge < -0.3 is 29.0 Å². The predicted molar refractivity (Wildman–Crippen MR) is 142 cm³/mol.